The van der Waals surface area contributed by atoms with Crippen LogP contribution in [0.3, 0.4) is 0 Å². The minimum atomic E-state index is -0.689. The van der Waals surface area contributed by atoms with E-state index in [2.05, 4.69) is 44.7 Å². The first-order valence-corrected chi connectivity index (χ1v) is 16.7. The van der Waals surface area contributed by atoms with E-state index >= 15 is 0 Å². The number of likely N-dealkylation sites (tertiary alicyclic amines) is 1. The molecule has 0 bridgehead atoms. The molecule has 248 valence electrons. The Hall–Kier alpha value is -4.52. The lowest BCUT2D eigenvalue weighted by molar-refractivity contribution is -0.170. The fourth-order valence-electron chi connectivity index (χ4n) is 7.01. The zero-order chi connectivity index (χ0) is 32.7. The number of benzene rings is 1. The third kappa shape index (κ3) is 6.40. The number of anilines is 3. The van der Waals surface area contributed by atoms with Gasteiger partial charge in [-0.3, -0.25) is 19.1 Å². The van der Waals surface area contributed by atoms with Gasteiger partial charge in [-0.05, 0) is 76.0 Å². The van der Waals surface area contributed by atoms with E-state index in [0.717, 1.165) is 32.2 Å². The summed E-state index contributed by atoms with van der Waals surface area (Å²) in [5.41, 5.74) is 7.94. The summed E-state index contributed by atoms with van der Waals surface area (Å²) < 4.78 is 7.18. The first-order valence-electron chi connectivity index (χ1n) is 16.7. The SMILES string of the molecule is C[C@@H]1[C@H](NC(=O)c2ccc(C3CC3)cc2)CCCN1c1cnc(C(N)=O)c(Nc2cnn(C3CCN(C(=O)C4(C)COC4)CC3)c2)n1. The van der Waals surface area contributed by atoms with Gasteiger partial charge in [0.05, 0.1) is 42.8 Å². The zero-order valence-corrected chi connectivity index (χ0v) is 27.0. The van der Waals surface area contributed by atoms with Crippen LogP contribution in [-0.2, 0) is 9.53 Å². The second-order valence-corrected chi connectivity index (χ2v) is 13.8. The summed E-state index contributed by atoms with van der Waals surface area (Å²) >= 11 is 0. The van der Waals surface area contributed by atoms with Crippen molar-refractivity contribution in [3.8, 4) is 0 Å². The molecular formula is C34H43N9O4. The highest BCUT2D eigenvalue weighted by atomic mass is 16.5. The van der Waals surface area contributed by atoms with E-state index in [9.17, 15) is 14.4 Å². The predicted octanol–water partition coefficient (Wildman–Crippen LogP) is 3.38. The van der Waals surface area contributed by atoms with Gasteiger partial charge in [0.25, 0.3) is 11.8 Å². The van der Waals surface area contributed by atoms with Crippen molar-refractivity contribution in [1.82, 2.24) is 30.0 Å². The molecule has 13 heteroatoms. The summed E-state index contributed by atoms with van der Waals surface area (Å²) in [5, 5.41) is 11.0. The number of carbonyl (C=O) groups excluding carboxylic acids is 3. The summed E-state index contributed by atoms with van der Waals surface area (Å²) in [6, 6.07) is 7.96. The highest BCUT2D eigenvalue weighted by Gasteiger charge is 2.44. The average Bonchev–Trinajstić information content (AvgIpc) is 3.82. The molecule has 5 heterocycles. The van der Waals surface area contributed by atoms with Crippen molar-refractivity contribution < 1.29 is 19.1 Å². The lowest BCUT2D eigenvalue weighted by Gasteiger charge is -2.42. The Morgan fingerprint density at radius 3 is 2.40 bits per heavy atom. The quantitative estimate of drug-likeness (QED) is 0.318. The molecule has 3 aliphatic heterocycles. The molecule has 2 atom stereocenters. The first-order chi connectivity index (χ1) is 22.7. The molecule has 1 aliphatic carbocycles. The maximum atomic E-state index is 13.1. The number of nitrogens with zero attached hydrogens (tertiary/aromatic N) is 6. The largest absolute Gasteiger partial charge is 0.379 e. The Labute approximate surface area is 274 Å². The minimum Gasteiger partial charge on any atom is -0.379 e. The molecule has 4 aliphatic rings. The summed E-state index contributed by atoms with van der Waals surface area (Å²) in [6.45, 7) is 7.08. The van der Waals surface area contributed by atoms with Gasteiger partial charge in [-0.2, -0.15) is 5.10 Å². The van der Waals surface area contributed by atoms with Crippen molar-refractivity contribution in [2.75, 3.05) is 43.1 Å². The molecule has 4 N–H and O–H groups in total. The van der Waals surface area contributed by atoms with Gasteiger partial charge in [-0.25, -0.2) is 9.97 Å². The number of carbonyl (C=O) groups is 3. The van der Waals surface area contributed by atoms with Crippen molar-refractivity contribution in [1.29, 1.82) is 0 Å². The van der Waals surface area contributed by atoms with Gasteiger partial charge >= 0.3 is 0 Å². The molecule has 1 aromatic carbocycles. The van der Waals surface area contributed by atoms with E-state index in [1.54, 1.807) is 12.4 Å². The minimum absolute atomic E-state index is 0.0333. The Balaban J connectivity index is 1.01. The van der Waals surface area contributed by atoms with Crippen molar-refractivity contribution in [3.05, 3.63) is 59.7 Å². The molecule has 2 aromatic heterocycles. The summed E-state index contributed by atoms with van der Waals surface area (Å²) in [5.74, 6) is 0.881. The molecule has 13 nitrogen and oxygen atoms in total. The standard InChI is InChI=1S/C34H43N9O4/c1-21-27(39-32(45)24-9-7-23(8-10-24)22-5-6-22)4-3-13-42(21)28-17-36-29(30(35)44)31(40-28)38-25-16-37-43(18-25)26-11-14-41(15-12-26)33(46)34(2)19-47-20-34/h7-10,16-18,21-22,26-27H,3-6,11-15,19-20H2,1-2H3,(H2,35,44)(H,38,40)(H,39,45)/t21-,27-/m1/s1. The van der Waals surface area contributed by atoms with Crippen LogP contribution in [0.1, 0.15) is 90.7 Å². The fraction of sp³-hybridized carbons (Fsp3) is 0.529. The van der Waals surface area contributed by atoms with Crippen LogP contribution in [0.4, 0.5) is 17.3 Å². The normalized spacial score (nSPS) is 22.8. The molecule has 4 fully saturated rings. The molecule has 3 aromatic rings. The van der Waals surface area contributed by atoms with Crippen LogP contribution in [0.25, 0.3) is 0 Å². The Morgan fingerprint density at radius 1 is 1.00 bits per heavy atom. The molecule has 1 saturated carbocycles. The number of aromatic nitrogens is 4. The van der Waals surface area contributed by atoms with Crippen LogP contribution >= 0.6 is 0 Å². The number of piperidine rings is 2. The number of ether oxygens (including phenoxy) is 1. The molecule has 3 amide bonds. The van der Waals surface area contributed by atoms with Crippen molar-refractivity contribution in [3.63, 3.8) is 0 Å². The Kier molecular flexibility index (Phi) is 8.33. The van der Waals surface area contributed by atoms with Gasteiger partial charge in [0.2, 0.25) is 5.91 Å². The first kappa shape index (κ1) is 31.1. The van der Waals surface area contributed by atoms with Gasteiger partial charge in [0.15, 0.2) is 11.5 Å². The number of nitrogens with one attached hydrogen (secondary N) is 2. The van der Waals surface area contributed by atoms with E-state index in [1.807, 2.05) is 34.8 Å². The van der Waals surface area contributed by atoms with Gasteiger partial charge in [-0.15, -0.1) is 0 Å². The van der Waals surface area contributed by atoms with Crippen LogP contribution in [0.5, 0.6) is 0 Å². The van der Waals surface area contributed by atoms with Gasteiger partial charge in [0, 0.05) is 43.5 Å². The highest BCUT2D eigenvalue weighted by Crippen LogP contribution is 2.40. The lowest BCUT2D eigenvalue weighted by Crippen LogP contribution is -2.55. The second-order valence-electron chi connectivity index (χ2n) is 13.8. The predicted molar refractivity (Wildman–Crippen MR) is 176 cm³/mol. The highest BCUT2D eigenvalue weighted by molar-refractivity contribution is 5.96. The monoisotopic (exact) mass is 641 g/mol. The number of rotatable bonds is 9. The van der Waals surface area contributed by atoms with Crippen molar-refractivity contribution >= 4 is 35.0 Å². The van der Waals surface area contributed by atoms with Crippen LogP contribution in [0, 0.1) is 5.41 Å². The number of hydrogen-bond donors (Lipinski definition) is 3. The smallest absolute Gasteiger partial charge is 0.271 e. The number of primary amides is 1. The molecule has 0 unspecified atom stereocenters. The number of amides is 3. The van der Waals surface area contributed by atoms with Crippen LogP contribution < -0.4 is 21.3 Å². The molecular weight excluding hydrogens is 598 g/mol. The zero-order valence-electron chi connectivity index (χ0n) is 27.0. The van der Waals surface area contributed by atoms with Gasteiger partial charge in [0.1, 0.15) is 5.82 Å². The third-order valence-corrected chi connectivity index (χ3v) is 10.2. The molecule has 47 heavy (non-hydrogen) atoms. The fourth-order valence-corrected chi connectivity index (χ4v) is 7.01. The number of nitrogens with two attached hydrogens (primary N) is 1. The lowest BCUT2D eigenvalue weighted by atomic mass is 9.86. The van der Waals surface area contributed by atoms with Crippen LogP contribution in [0.2, 0.25) is 0 Å². The maximum Gasteiger partial charge on any atom is 0.271 e. The van der Waals surface area contributed by atoms with E-state index in [-0.39, 0.29) is 41.5 Å². The second kappa shape index (κ2) is 12.6. The van der Waals surface area contributed by atoms with Gasteiger partial charge < -0.3 is 30.9 Å². The molecule has 0 spiro atoms. The van der Waals surface area contributed by atoms with E-state index < -0.39 is 11.3 Å². The average molecular weight is 642 g/mol. The third-order valence-electron chi connectivity index (χ3n) is 10.2. The van der Waals surface area contributed by atoms with Crippen LogP contribution in [-0.4, -0.2) is 87.3 Å². The Bertz CT molecular complexity index is 1640. The topological polar surface area (TPSA) is 161 Å². The molecule has 7 rings (SSSR count). The summed E-state index contributed by atoms with van der Waals surface area (Å²) in [6.07, 6.45) is 10.9. The van der Waals surface area contributed by atoms with E-state index in [4.69, 9.17) is 15.5 Å². The Morgan fingerprint density at radius 2 is 1.74 bits per heavy atom. The summed E-state index contributed by atoms with van der Waals surface area (Å²) in [4.78, 5) is 51.6. The molecule has 3 saturated heterocycles. The van der Waals surface area contributed by atoms with E-state index in [0.29, 0.717) is 49.3 Å². The summed E-state index contributed by atoms with van der Waals surface area (Å²) in [7, 11) is 0. The van der Waals surface area contributed by atoms with E-state index in [1.165, 1.54) is 18.4 Å². The maximum absolute atomic E-state index is 13.1. The van der Waals surface area contributed by atoms with Gasteiger partial charge in [-0.1, -0.05) is 12.1 Å². The van der Waals surface area contributed by atoms with Crippen molar-refractivity contribution in [2.24, 2.45) is 11.1 Å². The molecule has 0 radical (unpaired) electrons. The van der Waals surface area contributed by atoms with Crippen LogP contribution in [0.15, 0.2) is 42.9 Å². The van der Waals surface area contributed by atoms with Crippen molar-refractivity contribution in [2.45, 2.75) is 76.4 Å². The number of hydrogen-bond acceptors (Lipinski definition) is 9.